The number of ether oxygens (including phenoxy) is 1. The van der Waals surface area contributed by atoms with Crippen LogP contribution in [0.5, 0.6) is 0 Å². The molecule has 1 heterocycles. The number of nitrogens with two attached hydrogens (primary N) is 1. The van der Waals surface area contributed by atoms with Crippen molar-refractivity contribution in [1.29, 1.82) is 0 Å². The molecule has 2 unspecified atom stereocenters. The lowest BCUT2D eigenvalue weighted by molar-refractivity contribution is -0.142. The molecule has 6 nitrogen and oxygen atoms in total. The molecule has 1 saturated carbocycles. The van der Waals surface area contributed by atoms with E-state index >= 15 is 0 Å². The quantitative estimate of drug-likeness (QED) is 0.709. The Morgan fingerprint density at radius 2 is 2.00 bits per heavy atom. The fourth-order valence-electron chi connectivity index (χ4n) is 3.18. The van der Waals surface area contributed by atoms with Crippen LogP contribution in [0.1, 0.15) is 32.6 Å². The first-order chi connectivity index (χ1) is 9.50. The molecule has 2 amide bonds. The molecule has 1 aliphatic heterocycles. The van der Waals surface area contributed by atoms with E-state index in [-0.39, 0.29) is 24.2 Å². The smallest absolute Gasteiger partial charge is 0.233 e. The third kappa shape index (κ3) is 3.17. The highest BCUT2D eigenvalue weighted by molar-refractivity contribution is 6.02. The van der Waals surface area contributed by atoms with E-state index in [1.807, 2.05) is 6.92 Å². The van der Waals surface area contributed by atoms with Crippen molar-refractivity contribution in [1.82, 2.24) is 5.32 Å². The number of ketones is 1. The van der Waals surface area contributed by atoms with E-state index in [1.165, 1.54) is 0 Å². The standard InChI is InChI=1S/C14H22N2O4/c1-8-6-20-7-10(17)12(8)16-14(19)11(13(15)18)9-4-2-3-5-9/h8-9,11-12H,2-7H2,1H3,(H2,15,18)(H,16,19)/t8?,11-,12?/m0/s1. The van der Waals surface area contributed by atoms with Crippen LogP contribution in [0.15, 0.2) is 0 Å². The second-order valence-electron chi connectivity index (χ2n) is 5.87. The van der Waals surface area contributed by atoms with Gasteiger partial charge < -0.3 is 15.8 Å². The molecule has 2 aliphatic rings. The average Bonchev–Trinajstić information content (AvgIpc) is 2.87. The molecule has 6 heteroatoms. The maximum atomic E-state index is 12.3. The summed E-state index contributed by atoms with van der Waals surface area (Å²) >= 11 is 0. The Labute approximate surface area is 118 Å². The third-order valence-electron chi connectivity index (χ3n) is 4.30. The Balaban J connectivity index is 2.04. The van der Waals surface area contributed by atoms with Gasteiger partial charge in [-0.05, 0) is 18.8 Å². The molecular formula is C14H22N2O4. The number of nitrogens with one attached hydrogen (secondary N) is 1. The van der Waals surface area contributed by atoms with Crippen molar-refractivity contribution in [2.45, 2.75) is 38.6 Å². The zero-order valence-electron chi connectivity index (χ0n) is 11.8. The van der Waals surface area contributed by atoms with Crippen LogP contribution >= 0.6 is 0 Å². The minimum atomic E-state index is -0.819. The first-order valence-corrected chi connectivity index (χ1v) is 7.21. The van der Waals surface area contributed by atoms with E-state index < -0.39 is 23.8 Å². The highest BCUT2D eigenvalue weighted by Gasteiger charge is 2.38. The summed E-state index contributed by atoms with van der Waals surface area (Å²) in [5.74, 6) is -2.04. The highest BCUT2D eigenvalue weighted by Crippen LogP contribution is 2.31. The first kappa shape index (κ1) is 15.0. The Bertz CT molecular complexity index is 404. The summed E-state index contributed by atoms with van der Waals surface area (Å²) in [5, 5.41) is 2.71. The van der Waals surface area contributed by atoms with Gasteiger partial charge >= 0.3 is 0 Å². The fourth-order valence-corrected chi connectivity index (χ4v) is 3.18. The topological polar surface area (TPSA) is 98.5 Å². The lowest BCUT2D eigenvalue weighted by Gasteiger charge is -2.30. The molecular weight excluding hydrogens is 260 g/mol. The Morgan fingerprint density at radius 3 is 2.55 bits per heavy atom. The van der Waals surface area contributed by atoms with E-state index in [9.17, 15) is 14.4 Å². The number of primary amides is 1. The monoisotopic (exact) mass is 282 g/mol. The van der Waals surface area contributed by atoms with Crippen LogP contribution in [0, 0.1) is 17.8 Å². The van der Waals surface area contributed by atoms with Gasteiger partial charge in [-0.15, -0.1) is 0 Å². The molecule has 2 rings (SSSR count). The first-order valence-electron chi connectivity index (χ1n) is 7.21. The van der Waals surface area contributed by atoms with Crippen molar-refractivity contribution in [2.75, 3.05) is 13.2 Å². The SMILES string of the molecule is CC1COCC(=O)C1NC(=O)[C@H](C(N)=O)C1CCCC1. The van der Waals surface area contributed by atoms with Crippen LogP contribution < -0.4 is 11.1 Å². The minimum Gasteiger partial charge on any atom is -0.373 e. The zero-order valence-corrected chi connectivity index (χ0v) is 11.8. The number of carbonyl (C=O) groups excluding carboxylic acids is 3. The van der Waals surface area contributed by atoms with E-state index in [2.05, 4.69) is 5.32 Å². The lowest BCUT2D eigenvalue weighted by atomic mass is 9.88. The van der Waals surface area contributed by atoms with E-state index in [0.29, 0.717) is 6.61 Å². The number of rotatable bonds is 4. The van der Waals surface area contributed by atoms with Gasteiger partial charge in [-0.25, -0.2) is 0 Å². The molecule has 0 spiro atoms. The van der Waals surface area contributed by atoms with Crippen LogP contribution in [0.3, 0.4) is 0 Å². The summed E-state index contributed by atoms with van der Waals surface area (Å²) in [6.07, 6.45) is 3.74. The summed E-state index contributed by atoms with van der Waals surface area (Å²) in [7, 11) is 0. The second-order valence-corrected chi connectivity index (χ2v) is 5.87. The van der Waals surface area contributed by atoms with Gasteiger partial charge in [-0.3, -0.25) is 14.4 Å². The van der Waals surface area contributed by atoms with Crippen molar-refractivity contribution in [3.63, 3.8) is 0 Å². The van der Waals surface area contributed by atoms with Gasteiger partial charge in [-0.2, -0.15) is 0 Å². The maximum Gasteiger partial charge on any atom is 0.233 e. The number of Topliss-reactive ketones (excluding diaryl/α,β-unsaturated/α-hetero) is 1. The summed E-state index contributed by atoms with van der Waals surface area (Å²) in [4.78, 5) is 35.7. The van der Waals surface area contributed by atoms with Crippen LogP contribution in [-0.4, -0.2) is 36.9 Å². The van der Waals surface area contributed by atoms with Crippen molar-refractivity contribution < 1.29 is 19.1 Å². The fraction of sp³-hybridized carbons (Fsp3) is 0.786. The molecule has 20 heavy (non-hydrogen) atoms. The lowest BCUT2D eigenvalue weighted by Crippen LogP contribution is -2.54. The Hall–Kier alpha value is -1.43. The summed E-state index contributed by atoms with van der Waals surface area (Å²) < 4.78 is 5.12. The Kier molecular flexibility index (Phi) is 4.75. The largest absolute Gasteiger partial charge is 0.373 e. The molecule has 0 aromatic rings. The molecule has 0 bridgehead atoms. The second kappa shape index (κ2) is 6.35. The average molecular weight is 282 g/mol. The maximum absolute atomic E-state index is 12.3. The van der Waals surface area contributed by atoms with Crippen LogP contribution in [0.2, 0.25) is 0 Å². The van der Waals surface area contributed by atoms with Gasteiger partial charge in [0.1, 0.15) is 12.5 Å². The van der Waals surface area contributed by atoms with Crippen LogP contribution in [0.4, 0.5) is 0 Å². The van der Waals surface area contributed by atoms with Crippen molar-refractivity contribution >= 4 is 17.6 Å². The summed E-state index contributed by atoms with van der Waals surface area (Å²) in [6, 6.07) is -0.570. The third-order valence-corrected chi connectivity index (χ3v) is 4.30. The van der Waals surface area contributed by atoms with Gasteiger partial charge in [0, 0.05) is 5.92 Å². The van der Waals surface area contributed by atoms with E-state index in [4.69, 9.17) is 10.5 Å². The molecule has 0 aromatic heterocycles. The summed E-state index contributed by atoms with van der Waals surface area (Å²) in [6.45, 7) is 2.29. The molecule has 1 aliphatic carbocycles. The Morgan fingerprint density at radius 1 is 1.35 bits per heavy atom. The molecule has 1 saturated heterocycles. The van der Waals surface area contributed by atoms with Crippen molar-refractivity contribution in [3.05, 3.63) is 0 Å². The van der Waals surface area contributed by atoms with Crippen molar-refractivity contribution in [3.8, 4) is 0 Å². The molecule has 0 aromatic carbocycles. The molecule has 0 radical (unpaired) electrons. The predicted octanol–water partition coefficient (Wildman–Crippen LogP) is -0.00170. The van der Waals surface area contributed by atoms with Gasteiger partial charge in [0.05, 0.1) is 12.6 Å². The van der Waals surface area contributed by atoms with E-state index in [1.54, 1.807) is 0 Å². The van der Waals surface area contributed by atoms with Crippen LogP contribution in [-0.2, 0) is 19.1 Å². The summed E-state index contributed by atoms with van der Waals surface area (Å²) in [5.41, 5.74) is 5.38. The number of hydrogen-bond donors (Lipinski definition) is 2. The predicted molar refractivity (Wildman–Crippen MR) is 71.6 cm³/mol. The molecule has 3 N–H and O–H groups in total. The molecule has 112 valence electrons. The van der Waals surface area contributed by atoms with Gasteiger partial charge in [0.15, 0.2) is 5.78 Å². The number of amides is 2. The van der Waals surface area contributed by atoms with Gasteiger partial charge in [0.2, 0.25) is 11.8 Å². The van der Waals surface area contributed by atoms with Crippen LogP contribution in [0.25, 0.3) is 0 Å². The molecule has 2 fully saturated rings. The molecule has 3 atom stereocenters. The van der Waals surface area contributed by atoms with E-state index in [0.717, 1.165) is 25.7 Å². The minimum absolute atomic E-state index is 0.0118. The normalized spacial score (nSPS) is 29.1. The zero-order chi connectivity index (χ0) is 14.7. The van der Waals surface area contributed by atoms with Gasteiger partial charge in [0.25, 0.3) is 0 Å². The van der Waals surface area contributed by atoms with Crippen molar-refractivity contribution in [2.24, 2.45) is 23.5 Å². The number of hydrogen-bond acceptors (Lipinski definition) is 4. The number of carbonyl (C=O) groups is 3. The van der Waals surface area contributed by atoms with Gasteiger partial charge in [-0.1, -0.05) is 19.8 Å². The highest BCUT2D eigenvalue weighted by atomic mass is 16.5.